The Morgan fingerprint density at radius 3 is 1.22 bits per heavy atom. The molecular formula is C65H57N15O2S. The van der Waals surface area contributed by atoms with E-state index in [4.69, 9.17) is 65.2 Å². The third kappa shape index (κ3) is 12.0. The number of benzene rings is 9. The van der Waals surface area contributed by atoms with Crippen molar-refractivity contribution in [3.05, 3.63) is 243 Å². The summed E-state index contributed by atoms with van der Waals surface area (Å²) in [4.78, 5) is 22.0. The van der Waals surface area contributed by atoms with Gasteiger partial charge >= 0.3 is 0 Å². The maximum Gasteiger partial charge on any atom is 0.155 e. The van der Waals surface area contributed by atoms with Crippen LogP contribution >= 0.6 is 11.8 Å². The summed E-state index contributed by atoms with van der Waals surface area (Å²) in [6, 6.07) is 58.9. The van der Waals surface area contributed by atoms with Crippen molar-refractivity contribution in [3.63, 3.8) is 0 Å². The first-order valence-electron chi connectivity index (χ1n) is 26.0. The Labute approximate surface area is 483 Å². The van der Waals surface area contributed by atoms with Crippen LogP contribution in [0.2, 0.25) is 0 Å². The highest BCUT2D eigenvalue weighted by molar-refractivity contribution is 7.99. The summed E-state index contributed by atoms with van der Waals surface area (Å²) in [5, 5.41) is 43.0. The normalized spacial score (nSPS) is 13.8. The van der Waals surface area contributed by atoms with Crippen LogP contribution in [-0.4, -0.2) is 65.5 Å². The summed E-state index contributed by atoms with van der Waals surface area (Å²) in [7, 11) is 1.59. The average molecular weight is 1110 g/mol. The van der Waals surface area contributed by atoms with E-state index in [2.05, 4.69) is 76.1 Å². The second kappa shape index (κ2) is 23.1. The van der Waals surface area contributed by atoms with Crippen LogP contribution in [0.5, 0.6) is 17.2 Å². The number of hydrogen-bond acceptors (Lipinski definition) is 13. The molecule has 18 heteroatoms. The fourth-order valence-electron chi connectivity index (χ4n) is 9.36. The summed E-state index contributed by atoms with van der Waals surface area (Å²) in [6.07, 6.45) is 0. The van der Waals surface area contributed by atoms with Crippen molar-refractivity contribution in [2.24, 2.45) is 53.6 Å². The van der Waals surface area contributed by atoms with Crippen LogP contribution in [0.1, 0.15) is 82.0 Å². The summed E-state index contributed by atoms with van der Waals surface area (Å²) >= 11 is 1.67. The Kier molecular flexibility index (Phi) is 15.4. The minimum Gasteiger partial charge on any atom is -0.497 e. The zero-order chi connectivity index (χ0) is 58.7. The largest absolute Gasteiger partial charge is 0.497 e. The number of ether oxygens (including phenoxy) is 2. The number of nitrogens with zero attached hydrogens (tertiary/aromatic N) is 5. The Bertz CT molecular complexity index is 4210. The molecule has 0 radical (unpaired) electrons. The zero-order valence-corrected chi connectivity index (χ0v) is 46.5. The second-order valence-corrected chi connectivity index (χ2v) is 21.5. The van der Waals surface area contributed by atoms with Crippen LogP contribution in [0, 0.1) is 27.0 Å². The van der Waals surface area contributed by atoms with Crippen molar-refractivity contribution < 1.29 is 9.47 Å². The zero-order valence-electron chi connectivity index (χ0n) is 45.7. The highest BCUT2D eigenvalue weighted by Crippen LogP contribution is 2.33. The van der Waals surface area contributed by atoms with E-state index < -0.39 is 0 Å². The number of fused-ring (bicyclic) bond motifs is 7. The van der Waals surface area contributed by atoms with E-state index in [1.54, 1.807) is 37.1 Å². The number of hydrogen-bond donors (Lipinski definition) is 10. The monoisotopic (exact) mass is 1110 g/mol. The molecule has 5 heterocycles. The topological polar surface area (TPSA) is 330 Å². The van der Waals surface area contributed by atoms with Gasteiger partial charge in [-0.3, -0.25) is 27.0 Å². The predicted molar refractivity (Wildman–Crippen MR) is 337 cm³/mol. The standard InChI is InChI=1S/C16H17N3.C14H11N3O.C14H11N3S.C12H9N3.C9H9N3O/c1-16(2,3)11-5-4-9-7-12-13(8-10(9)6-11)15(18)19-14(12)17;2*15-13-11-7-6-10(8-12(11)14(16)17-13)18-9-4-2-1-3-5-9;13-11-9-5-7-3-1-2-4-8(7)6-10(9)12(14)15-11;1-13-5-2-3-6-7(4-5)9(11)12-8(6)10/h4-8H,1-3H3,(H3,17,18,19);2*1-8H,(H3,15,16,17);1-6H,(H3,13,14,15);2-4H,1H3,(H3,10,11,12). The first-order valence-corrected chi connectivity index (χ1v) is 26.8. The highest BCUT2D eigenvalue weighted by atomic mass is 32.2. The SMILES string of the molecule is CC(C)(C)c1ccc2cc3c(cc2c1)C(=N)N=C3N.COc1ccc2c(c1)C(=N)N=C2N.N=C1N=C(N)c2cc3ccccc3cc21.N=C1N=C(N)c2ccc(Oc3ccccc3)cc21.N=C1N=C(N)c2ccc(Sc3ccccc3)cc21. The van der Waals surface area contributed by atoms with Gasteiger partial charge < -0.3 is 38.1 Å². The number of rotatable bonds is 5. The molecule has 0 spiro atoms. The van der Waals surface area contributed by atoms with Crippen molar-refractivity contribution in [2.75, 3.05) is 7.11 Å². The highest BCUT2D eigenvalue weighted by Gasteiger charge is 2.24. The summed E-state index contributed by atoms with van der Waals surface area (Å²) in [6.45, 7) is 6.60. The van der Waals surface area contributed by atoms with E-state index in [0.29, 0.717) is 46.2 Å². The summed E-state index contributed by atoms with van der Waals surface area (Å²) in [5.74, 6) is 5.42. The number of methoxy groups -OCH3 is 1. The van der Waals surface area contributed by atoms with Crippen LogP contribution in [-0.2, 0) is 5.41 Å². The Morgan fingerprint density at radius 1 is 0.337 bits per heavy atom. The quantitative estimate of drug-likeness (QED) is 0.0788. The van der Waals surface area contributed by atoms with Gasteiger partial charge in [-0.1, -0.05) is 111 Å². The van der Waals surface area contributed by atoms with E-state index in [-0.39, 0.29) is 34.6 Å². The molecule has 410 valence electrons. The van der Waals surface area contributed by atoms with Crippen LogP contribution in [0.15, 0.2) is 217 Å². The Hall–Kier alpha value is -10.9. The number of para-hydroxylation sites is 1. The molecule has 17 nitrogen and oxygen atoms in total. The first-order chi connectivity index (χ1) is 39.8. The third-order valence-electron chi connectivity index (χ3n) is 13.7. The van der Waals surface area contributed by atoms with Gasteiger partial charge in [0, 0.05) is 65.4 Å². The third-order valence-corrected chi connectivity index (χ3v) is 14.7. The van der Waals surface area contributed by atoms with Crippen molar-refractivity contribution >= 4 is 91.7 Å². The number of nitrogens with two attached hydrogens (primary N) is 5. The smallest absolute Gasteiger partial charge is 0.155 e. The van der Waals surface area contributed by atoms with Crippen molar-refractivity contribution in [1.29, 1.82) is 27.0 Å². The lowest BCUT2D eigenvalue weighted by molar-refractivity contribution is 0.414. The lowest BCUT2D eigenvalue weighted by Gasteiger charge is -2.19. The molecule has 0 aromatic heterocycles. The molecule has 14 rings (SSSR count). The van der Waals surface area contributed by atoms with E-state index in [0.717, 1.165) is 82.3 Å². The summed E-state index contributed by atoms with van der Waals surface area (Å²) < 4.78 is 10.7. The van der Waals surface area contributed by atoms with Crippen molar-refractivity contribution in [2.45, 2.75) is 36.0 Å². The lowest BCUT2D eigenvalue weighted by Crippen LogP contribution is -2.11. The Balaban J connectivity index is 0.000000117. The van der Waals surface area contributed by atoms with Gasteiger partial charge in [-0.25, -0.2) is 25.0 Å². The average Bonchev–Trinajstić information content (AvgIpc) is 3.78. The molecule has 9 aromatic carbocycles. The lowest BCUT2D eigenvalue weighted by atomic mass is 9.85. The number of nitrogens with one attached hydrogen (secondary N) is 5. The molecule has 0 saturated carbocycles. The molecule has 0 atom stereocenters. The van der Waals surface area contributed by atoms with Crippen LogP contribution in [0.4, 0.5) is 0 Å². The summed E-state index contributed by atoms with van der Waals surface area (Å²) in [5.41, 5.74) is 38.2. The molecule has 15 N–H and O–H groups in total. The molecule has 83 heavy (non-hydrogen) atoms. The van der Waals surface area contributed by atoms with E-state index in [1.165, 1.54) is 10.5 Å². The molecule has 9 aromatic rings. The van der Waals surface area contributed by atoms with Gasteiger partial charge in [-0.05, 0) is 136 Å². The Morgan fingerprint density at radius 2 is 0.723 bits per heavy atom. The van der Waals surface area contributed by atoms with Gasteiger partial charge in [0.05, 0.1) is 7.11 Å². The van der Waals surface area contributed by atoms with Gasteiger partial charge in [-0.2, -0.15) is 0 Å². The second-order valence-electron chi connectivity index (χ2n) is 20.3. The van der Waals surface area contributed by atoms with Gasteiger partial charge in [0.25, 0.3) is 0 Å². The van der Waals surface area contributed by atoms with Gasteiger partial charge in [-0.15, -0.1) is 0 Å². The van der Waals surface area contributed by atoms with Crippen molar-refractivity contribution in [3.8, 4) is 17.2 Å². The van der Waals surface area contributed by atoms with E-state index in [9.17, 15) is 0 Å². The fraction of sp³-hybridized carbons (Fsp3) is 0.0769. The predicted octanol–water partition coefficient (Wildman–Crippen LogP) is 11.2. The molecular weight excluding hydrogens is 1050 g/mol. The van der Waals surface area contributed by atoms with Crippen LogP contribution < -0.4 is 38.1 Å². The molecule has 0 saturated heterocycles. The molecule has 0 aliphatic carbocycles. The molecule has 5 aliphatic rings. The van der Waals surface area contributed by atoms with Crippen LogP contribution in [0.3, 0.4) is 0 Å². The number of aliphatic imine (C=N–C) groups is 5. The molecule has 5 aliphatic heterocycles. The van der Waals surface area contributed by atoms with Gasteiger partial charge in [0.1, 0.15) is 46.4 Å². The van der Waals surface area contributed by atoms with Crippen molar-refractivity contribution in [1.82, 2.24) is 0 Å². The molecule has 0 fully saturated rings. The molecule has 0 amide bonds. The van der Waals surface area contributed by atoms with Gasteiger partial charge in [0.2, 0.25) is 0 Å². The number of amidine groups is 10. The maximum absolute atomic E-state index is 7.85. The first kappa shape index (κ1) is 55.5. The fourth-order valence-corrected chi connectivity index (χ4v) is 10.2. The van der Waals surface area contributed by atoms with E-state index >= 15 is 0 Å². The molecule has 0 bridgehead atoms. The van der Waals surface area contributed by atoms with Crippen LogP contribution in [0.25, 0.3) is 21.5 Å². The van der Waals surface area contributed by atoms with Gasteiger partial charge in [0.15, 0.2) is 29.2 Å². The molecule has 0 unspecified atom stereocenters. The van der Waals surface area contributed by atoms with E-state index in [1.807, 2.05) is 133 Å². The minimum atomic E-state index is 0.121. The maximum atomic E-state index is 7.85. The minimum absolute atomic E-state index is 0.121.